The molecule has 0 aliphatic heterocycles. The van der Waals surface area contributed by atoms with Crippen molar-refractivity contribution < 1.29 is 22.3 Å². The molecule has 0 aromatic heterocycles. The molecule has 0 N–H and O–H groups in total. The second kappa shape index (κ2) is 6.88. The number of rotatable bonds is 6. The highest BCUT2D eigenvalue weighted by molar-refractivity contribution is 5.82. The number of hydrogen-bond donors (Lipinski definition) is 0. The molecule has 2 nitrogen and oxygen atoms in total. The second-order valence-electron chi connectivity index (χ2n) is 2.89. The smallest absolute Gasteiger partial charge is 0.428 e. The molecular weight excluding hydrogens is 238 g/mol. The van der Waals surface area contributed by atoms with Crippen molar-refractivity contribution in [2.24, 2.45) is 4.99 Å². The number of allylic oxidation sites excluding steroid dienone is 4. The SMILES string of the molecule is C=C\C(=C/C(/C=N\C)=C\C)OC(F)(F)C(F)F. The van der Waals surface area contributed by atoms with Crippen LogP contribution in [0, 0.1) is 0 Å². The number of nitrogens with zero attached hydrogens (tertiary/aromatic N) is 1. The van der Waals surface area contributed by atoms with Gasteiger partial charge in [0.05, 0.1) is 0 Å². The molecule has 0 saturated heterocycles. The molecule has 17 heavy (non-hydrogen) atoms. The molecule has 0 rings (SSSR count). The van der Waals surface area contributed by atoms with Crippen LogP contribution in [0.15, 0.2) is 41.1 Å². The average Bonchev–Trinajstić information content (AvgIpc) is 2.26. The van der Waals surface area contributed by atoms with Crippen LogP contribution in [0.5, 0.6) is 0 Å². The zero-order chi connectivity index (χ0) is 13.5. The van der Waals surface area contributed by atoms with Crippen molar-refractivity contribution in [3.8, 4) is 0 Å². The van der Waals surface area contributed by atoms with Gasteiger partial charge in [-0.05, 0) is 24.6 Å². The lowest BCUT2D eigenvalue weighted by Crippen LogP contribution is -2.29. The fraction of sp³-hybridized carbons (Fsp3) is 0.364. The van der Waals surface area contributed by atoms with E-state index in [2.05, 4.69) is 16.3 Å². The lowest BCUT2D eigenvalue weighted by Gasteiger charge is -2.17. The number of aliphatic imine (C=N–C) groups is 1. The van der Waals surface area contributed by atoms with Gasteiger partial charge in [0.1, 0.15) is 5.76 Å². The van der Waals surface area contributed by atoms with Crippen LogP contribution in [0.3, 0.4) is 0 Å². The van der Waals surface area contributed by atoms with E-state index in [9.17, 15) is 17.6 Å². The molecule has 0 atom stereocenters. The van der Waals surface area contributed by atoms with Gasteiger partial charge in [-0.3, -0.25) is 4.99 Å². The van der Waals surface area contributed by atoms with Gasteiger partial charge in [-0.2, -0.15) is 17.6 Å². The molecule has 0 heterocycles. The highest BCUT2D eigenvalue weighted by atomic mass is 19.3. The maximum Gasteiger partial charge on any atom is 0.461 e. The summed E-state index contributed by atoms with van der Waals surface area (Å²) < 4.78 is 52.9. The molecule has 0 amide bonds. The Labute approximate surface area is 97.0 Å². The molecule has 0 aromatic carbocycles. The third-order valence-corrected chi connectivity index (χ3v) is 1.63. The minimum Gasteiger partial charge on any atom is -0.428 e. The molecule has 0 aliphatic carbocycles. The van der Waals surface area contributed by atoms with E-state index < -0.39 is 18.3 Å². The Morgan fingerprint density at radius 2 is 2.00 bits per heavy atom. The predicted molar refractivity (Wildman–Crippen MR) is 58.5 cm³/mol. The van der Waals surface area contributed by atoms with E-state index in [0.717, 1.165) is 12.2 Å². The first-order valence-electron chi connectivity index (χ1n) is 4.65. The van der Waals surface area contributed by atoms with Gasteiger partial charge in [-0.1, -0.05) is 12.7 Å². The fourth-order valence-electron chi connectivity index (χ4n) is 0.840. The molecule has 0 unspecified atom stereocenters. The van der Waals surface area contributed by atoms with Crippen molar-refractivity contribution in [3.63, 3.8) is 0 Å². The first-order valence-corrected chi connectivity index (χ1v) is 4.65. The number of hydrogen-bond acceptors (Lipinski definition) is 2. The van der Waals surface area contributed by atoms with Crippen molar-refractivity contribution in [2.45, 2.75) is 19.5 Å². The summed E-state index contributed by atoms with van der Waals surface area (Å²) >= 11 is 0. The quantitative estimate of drug-likeness (QED) is 0.306. The Morgan fingerprint density at radius 3 is 2.35 bits per heavy atom. The van der Waals surface area contributed by atoms with E-state index >= 15 is 0 Å². The normalized spacial score (nSPS) is 14.5. The average molecular weight is 251 g/mol. The van der Waals surface area contributed by atoms with Gasteiger partial charge in [0.15, 0.2) is 0 Å². The Bertz CT molecular complexity index is 345. The highest BCUT2D eigenvalue weighted by Gasteiger charge is 2.44. The Morgan fingerprint density at radius 1 is 1.41 bits per heavy atom. The highest BCUT2D eigenvalue weighted by Crippen LogP contribution is 2.27. The first kappa shape index (κ1) is 15.4. The topological polar surface area (TPSA) is 21.6 Å². The minimum atomic E-state index is -4.54. The van der Waals surface area contributed by atoms with Crippen molar-refractivity contribution >= 4 is 6.21 Å². The van der Waals surface area contributed by atoms with E-state index in [1.807, 2.05) is 0 Å². The number of halogens is 4. The van der Waals surface area contributed by atoms with Crippen LogP contribution in [0.1, 0.15) is 6.92 Å². The molecule has 0 radical (unpaired) electrons. The first-order chi connectivity index (χ1) is 7.87. The largest absolute Gasteiger partial charge is 0.461 e. The summed E-state index contributed by atoms with van der Waals surface area (Å²) in [5.41, 5.74) is 0.437. The predicted octanol–water partition coefficient (Wildman–Crippen LogP) is 3.58. The molecular formula is C11H13F4NO. The molecule has 0 saturated carbocycles. The van der Waals surface area contributed by atoms with Crippen LogP contribution in [-0.2, 0) is 4.74 Å². The Balaban J connectivity index is 4.98. The summed E-state index contributed by atoms with van der Waals surface area (Å²) in [6.45, 7) is 4.85. The molecule has 0 spiro atoms. The molecule has 6 heteroatoms. The zero-order valence-electron chi connectivity index (χ0n) is 9.46. The van der Waals surface area contributed by atoms with Gasteiger partial charge in [-0.25, -0.2) is 0 Å². The lowest BCUT2D eigenvalue weighted by atomic mass is 10.2. The van der Waals surface area contributed by atoms with E-state index in [4.69, 9.17) is 0 Å². The van der Waals surface area contributed by atoms with Crippen LogP contribution in [0.25, 0.3) is 0 Å². The molecule has 0 fully saturated rings. The van der Waals surface area contributed by atoms with Crippen LogP contribution >= 0.6 is 0 Å². The van der Waals surface area contributed by atoms with Crippen LogP contribution in [0.4, 0.5) is 17.6 Å². The van der Waals surface area contributed by atoms with E-state index in [0.29, 0.717) is 5.57 Å². The van der Waals surface area contributed by atoms with Crippen LogP contribution < -0.4 is 0 Å². The minimum absolute atomic E-state index is 0.437. The van der Waals surface area contributed by atoms with E-state index in [1.165, 1.54) is 13.3 Å². The van der Waals surface area contributed by atoms with E-state index in [1.54, 1.807) is 13.0 Å². The summed E-state index contributed by atoms with van der Waals surface area (Å²) in [4.78, 5) is 3.66. The summed E-state index contributed by atoms with van der Waals surface area (Å²) in [5.74, 6) is -0.455. The van der Waals surface area contributed by atoms with Gasteiger partial charge in [0, 0.05) is 13.3 Å². The number of alkyl halides is 4. The molecule has 0 aliphatic rings. The van der Waals surface area contributed by atoms with Gasteiger partial charge in [0.25, 0.3) is 0 Å². The summed E-state index contributed by atoms with van der Waals surface area (Å²) in [6.07, 6.45) is -3.46. The van der Waals surface area contributed by atoms with Crippen LogP contribution in [-0.4, -0.2) is 25.8 Å². The molecule has 96 valence electrons. The number of ether oxygens (including phenoxy) is 1. The van der Waals surface area contributed by atoms with Gasteiger partial charge < -0.3 is 4.74 Å². The summed E-state index contributed by atoms with van der Waals surface area (Å²) in [6, 6.07) is 0. The van der Waals surface area contributed by atoms with Crippen molar-refractivity contribution in [1.82, 2.24) is 0 Å². The van der Waals surface area contributed by atoms with Crippen molar-refractivity contribution in [2.75, 3.05) is 7.05 Å². The molecule has 0 bridgehead atoms. The van der Waals surface area contributed by atoms with Crippen molar-refractivity contribution in [1.29, 1.82) is 0 Å². The third kappa shape index (κ3) is 5.33. The Hall–Kier alpha value is -1.59. The fourth-order valence-corrected chi connectivity index (χ4v) is 0.840. The second-order valence-corrected chi connectivity index (χ2v) is 2.89. The van der Waals surface area contributed by atoms with Gasteiger partial charge in [0.2, 0.25) is 0 Å². The lowest BCUT2D eigenvalue weighted by molar-refractivity contribution is -0.279. The van der Waals surface area contributed by atoms with Crippen LogP contribution in [0.2, 0.25) is 0 Å². The van der Waals surface area contributed by atoms with E-state index in [-0.39, 0.29) is 0 Å². The molecule has 0 aromatic rings. The maximum absolute atomic E-state index is 12.6. The standard InChI is InChI=1S/C11H13F4NO/c1-4-8(7-16-3)6-9(5-2)17-11(14,15)10(12)13/h4-7,10H,2H2,1,3H3/b8-4+,9-6+,16-7-. The zero-order valence-corrected chi connectivity index (χ0v) is 9.46. The summed E-state index contributed by atoms with van der Waals surface area (Å²) in [7, 11) is 1.49. The van der Waals surface area contributed by atoms with Gasteiger partial charge in [-0.15, -0.1) is 0 Å². The maximum atomic E-state index is 12.6. The van der Waals surface area contributed by atoms with Gasteiger partial charge >= 0.3 is 12.5 Å². The third-order valence-electron chi connectivity index (χ3n) is 1.63. The monoisotopic (exact) mass is 251 g/mol. The Kier molecular flexibility index (Phi) is 6.23. The summed E-state index contributed by atoms with van der Waals surface area (Å²) in [5, 5.41) is 0. The van der Waals surface area contributed by atoms with Crippen molar-refractivity contribution in [3.05, 3.63) is 36.1 Å².